The van der Waals surface area contributed by atoms with Gasteiger partial charge >= 0.3 is 0 Å². The maximum atomic E-state index is 12.8. The molecule has 4 aliphatic rings. The van der Waals surface area contributed by atoms with E-state index in [1.54, 1.807) is 18.2 Å². The molecule has 8 heteroatoms. The molecule has 5 rings (SSSR count). The lowest BCUT2D eigenvalue weighted by atomic mass is 9.72. The van der Waals surface area contributed by atoms with Gasteiger partial charge in [-0.2, -0.15) is 0 Å². The molecule has 3 heterocycles. The van der Waals surface area contributed by atoms with E-state index >= 15 is 0 Å². The number of nitrogens with zero attached hydrogens (tertiary/aromatic N) is 1. The highest BCUT2D eigenvalue weighted by atomic mass is 79.9. The maximum absolute atomic E-state index is 12.8. The van der Waals surface area contributed by atoms with Gasteiger partial charge in [-0.3, -0.25) is 14.4 Å². The lowest BCUT2D eigenvalue weighted by Crippen LogP contribution is -2.57. The molecule has 2 bridgehead atoms. The summed E-state index contributed by atoms with van der Waals surface area (Å²) in [6.07, 6.45) is -0.152. The van der Waals surface area contributed by atoms with Crippen molar-refractivity contribution in [1.82, 2.24) is 0 Å². The number of aryl methyl sites for hydroxylation is 1. The van der Waals surface area contributed by atoms with Crippen LogP contribution in [0.15, 0.2) is 22.7 Å². The van der Waals surface area contributed by atoms with Gasteiger partial charge in [-0.15, -0.1) is 0 Å². The maximum Gasteiger partial charge on any atom is 0.239 e. The minimum Gasteiger partial charge on any atom is -0.299 e. The summed E-state index contributed by atoms with van der Waals surface area (Å²) in [4.78, 5) is 38.9. The molecule has 1 aromatic rings. The summed E-state index contributed by atoms with van der Waals surface area (Å²) in [7, 11) is -3.52. The third-order valence-electron chi connectivity index (χ3n) is 5.32. The van der Waals surface area contributed by atoms with Crippen molar-refractivity contribution < 1.29 is 22.8 Å². The first-order valence-electron chi connectivity index (χ1n) is 7.60. The Kier molecular flexibility index (Phi) is 3.31. The van der Waals surface area contributed by atoms with Crippen LogP contribution >= 0.6 is 15.9 Å². The number of fused-ring (bicyclic) bond motifs is 2. The van der Waals surface area contributed by atoms with E-state index in [-0.39, 0.29) is 18.0 Å². The van der Waals surface area contributed by atoms with Crippen LogP contribution in [-0.4, -0.2) is 37.0 Å². The van der Waals surface area contributed by atoms with E-state index in [0.29, 0.717) is 5.69 Å². The number of amides is 2. The molecule has 0 aromatic heterocycles. The van der Waals surface area contributed by atoms with Gasteiger partial charge in [0.05, 0.1) is 28.5 Å². The molecule has 1 saturated carbocycles. The van der Waals surface area contributed by atoms with Crippen molar-refractivity contribution in [3.8, 4) is 0 Å². The average molecular weight is 412 g/mol. The summed E-state index contributed by atoms with van der Waals surface area (Å²) in [5.74, 6) is -4.14. The minimum atomic E-state index is -3.52. The number of imide groups is 1. The molecule has 2 unspecified atom stereocenters. The second kappa shape index (κ2) is 4.98. The Hall–Kier alpha value is -1.54. The van der Waals surface area contributed by atoms with E-state index < -0.39 is 44.7 Å². The summed E-state index contributed by atoms with van der Waals surface area (Å²) in [5, 5.41) is -1.06. The number of anilines is 1. The topological polar surface area (TPSA) is 88.6 Å². The van der Waals surface area contributed by atoms with E-state index in [1.165, 1.54) is 0 Å². The molecule has 3 aliphatic heterocycles. The van der Waals surface area contributed by atoms with Gasteiger partial charge in [0, 0.05) is 16.8 Å². The number of hydrogen-bond donors (Lipinski definition) is 0. The van der Waals surface area contributed by atoms with Gasteiger partial charge in [0.15, 0.2) is 9.84 Å². The molecule has 126 valence electrons. The Balaban J connectivity index is 1.82. The first-order chi connectivity index (χ1) is 11.2. The fraction of sp³-hybridized carbons (Fsp3) is 0.438. The highest BCUT2D eigenvalue weighted by molar-refractivity contribution is 9.10. The highest BCUT2D eigenvalue weighted by Crippen LogP contribution is 2.49. The molecule has 0 N–H and O–H groups in total. The zero-order valence-electron chi connectivity index (χ0n) is 12.7. The summed E-state index contributed by atoms with van der Waals surface area (Å²) >= 11 is 3.37. The number of ketones is 1. The number of halogens is 1. The number of hydrogen-bond acceptors (Lipinski definition) is 5. The van der Waals surface area contributed by atoms with Crippen molar-refractivity contribution >= 4 is 49.1 Å². The van der Waals surface area contributed by atoms with Crippen LogP contribution in [0.5, 0.6) is 0 Å². The first-order valence-corrected chi connectivity index (χ1v) is 10.1. The molecule has 1 aromatic carbocycles. The molecular formula is C16H14BrNO5S. The van der Waals surface area contributed by atoms with E-state index in [4.69, 9.17) is 0 Å². The molecular weight excluding hydrogens is 398 g/mol. The molecule has 1 aliphatic carbocycles. The number of carbonyl (C=O) groups excluding carboxylic acids is 3. The van der Waals surface area contributed by atoms with Crippen LogP contribution < -0.4 is 4.90 Å². The Labute approximate surface area is 147 Å². The standard InChI is InChI=1S/C16H14BrNO5S/c1-7-4-8(2-3-10(7)17)18-15(20)13-9-6-24(22,23)12(5-11(9)19)14(13)16(18)21/h2-4,9,12-14H,5-6H2,1H3/t9?,12?,13-,14+/m0/s1. The van der Waals surface area contributed by atoms with Gasteiger partial charge in [-0.05, 0) is 30.7 Å². The van der Waals surface area contributed by atoms with Crippen molar-refractivity contribution in [3.05, 3.63) is 28.2 Å². The molecule has 24 heavy (non-hydrogen) atoms. The van der Waals surface area contributed by atoms with Gasteiger partial charge < -0.3 is 0 Å². The smallest absolute Gasteiger partial charge is 0.239 e. The number of Topliss-reactive ketones (excluding diaryl/α,β-unsaturated/α-hetero) is 1. The van der Waals surface area contributed by atoms with Crippen LogP contribution in [0.2, 0.25) is 0 Å². The molecule has 4 atom stereocenters. The van der Waals surface area contributed by atoms with Crippen molar-refractivity contribution in [3.63, 3.8) is 0 Å². The van der Waals surface area contributed by atoms with Crippen molar-refractivity contribution in [1.29, 1.82) is 0 Å². The van der Waals surface area contributed by atoms with Crippen molar-refractivity contribution in [2.24, 2.45) is 17.8 Å². The van der Waals surface area contributed by atoms with Crippen LogP contribution in [-0.2, 0) is 24.2 Å². The minimum absolute atomic E-state index is 0.152. The fourth-order valence-corrected chi connectivity index (χ4v) is 6.69. The molecule has 0 spiro atoms. The third kappa shape index (κ3) is 1.99. The zero-order valence-corrected chi connectivity index (χ0v) is 15.1. The predicted octanol–water partition coefficient (Wildman–Crippen LogP) is 1.25. The molecule has 4 fully saturated rings. The predicted molar refractivity (Wildman–Crippen MR) is 89.0 cm³/mol. The summed E-state index contributed by atoms with van der Waals surface area (Å²) < 4.78 is 25.4. The molecule has 2 amide bonds. The van der Waals surface area contributed by atoms with Gasteiger partial charge in [0.25, 0.3) is 0 Å². The Morgan fingerprint density at radius 1 is 1.12 bits per heavy atom. The monoisotopic (exact) mass is 411 g/mol. The van der Waals surface area contributed by atoms with E-state index in [0.717, 1.165) is 14.9 Å². The zero-order chi connectivity index (χ0) is 17.4. The normalized spacial score (nSPS) is 33.9. The average Bonchev–Trinajstić information content (AvgIpc) is 2.76. The van der Waals surface area contributed by atoms with Crippen molar-refractivity contribution in [2.75, 3.05) is 10.7 Å². The number of rotatable bonds is 1. The third-order valence-corrected chi connectivity index (χ3v) is 8.42. The summed E-state index contributed by atoms with van der Waals surface area (Å²) in [6, 6.07) is 5.08. The highest BCUT2D eigenvalue weighted by Gasteiger charge is 2.65. The van der Waals surface area contributed by atoms with E-state index in [1.807, 2.05) is 6.92 Å². The van der Waals surface area contributed by atoms with Gasteiger partial charge in [-0.25, -0.2) is 13.3 Å². The largest absolute Gasteiger partial charge is 0.299 e. The Morgan fingerprint density at radius 3 is 2.46 bits per heavy atom. The van der Waals surface area contributed by atoms with Crippen LogP contribution in [0.3, 0.4) is 0 Å². The Morgan fingerprint density at radius 2 is 1.79 bits per heavy atom. The van der Waals surface area contributed by atoms with Crippen molar-refractivity contribution in [2.45, 2.75) is 18.6 Å². The molecule has 0 radical (unpaired) electrons. The van der Waals surface area contributed by atoms with Crippen LogP contribution in [0.25, 0.3) is 0 Å². The lowest BCUT2D eigenvalue weighted by molar-refractivity contribution is -0.135. The number of carbonyl (C=O) groups is 3. The van der Waals surface area contributed by atoms with Crippen LogP contribution in [0, 0.1) is 24.7 Å². The SMILES string of the molecule is Cc1cc(N2C(=O)[C@@H]3C4CC(=O)C(CS4(=O)=O)[C@@H]3C2=O)ccc1Br. The summed E-state index contributed by atoms with van der Waals surface area (Å²) in [5.41, 5.74) is 1.28. The molecule has 6 nitrogen and oxygen atoms in total. The number of benzene rings is 1. The molecule has 3 saturated heterocycles. The second-order valence-corrected chi connectivity index (χ2v) is 9.76. The second-order valence-electron chi connectivity index (χ2n) is 6.64. The quantitative estimate of drug-likeness (QED) is 0.648. The van der Waals surface area contributed by atoms with Gasteiger partial charge in [0.2, 0.25) is 11.8 Å². The van der Waals surface area contributed by atoms with Crippen LogP contribution in [0.4, 0.5) is 5.69 Å². The first kappa shape index (κ1) is 16.0. The van der Waals surface area contributed by atoms with Crippen LogP contribution in [0.1, 0.15) is 12.0 Å². The fourth-order valence-electron chi connectivity index (χ4n) is 4.15. The van der Waals surface area contributed by atoms with E-state index in [9.17, 15) is 22.8 Å². The summed E-state index contributed by atoms with van der Waals surface area (Å²) in [6.45, 7) is 1.84. The van der Waals surface area contributed by atoms with E-state index in [2.05, 4.69) is 15.9 Å². The Bertz CT molecular complexity index is 909. The number of sulfone groups is 1. The van der Waals surface area contributed by atoms with Gasteiger partial charge in [0.1, 0.15) is 5.78 Å². The lowest BCUT2D eigenvalue weighted by Gasteiger charge is -2.40. The van der Waals surface area contributed by atoms with Gasteiger partial charge in [-0.1, -0.05) is 15.9 Å².